The van der Waals surface area contributed by atoms with Crippen molar-refractivity contribution in [2.75, 3.05) is 20.2 Å². The van der Waals surface area contributed by atoms with Crippen molar-refractivity contribution >= 4 is 11.9 Å². The number of nitrogens with zero attached hydrogens (tertiary/aromatic N) is 2. The van der Waals surface area contributed by atoms with Crippen LogP contribution in [-0.4, -0.2) is 42.0 Å². The number of rotatable bonds is 3. The fourth-order valence-electron chi connectivity index (χ4n) is 3.49. The molecule has 1 aromatic carbocycles. The second kappa shape index (κ2) is 7.47. The van der Waals surface area contributed by atoms with Crippen LogP contribution in [0, 0.1) is 5.92 Å². The summed E-state index contributed by atoms with van der Waals surface area (Å²) in [6, 6.07) is 13.6. The zero-order chi connectivity index (χ0) is 17.8. The number of hydrogen-bond acceptors (Lipinski definition) is 4. The van der Waals surface area contributed by atoms with E-state index < -0.39 is 5.97 Å². The van der Waals surface area contributed by atoms with Crippen LogP contribution in [0.5, 0.6) is 0 Å². The van der Waals surface area contributed by atoms with Crippen molar-refractivity contribution in [2.45, 2.75) is 19.3 Å². The van der Waals surface area contributed by atoms with Gasteiger partial charge in [-0.1, -0.05) is 37.3 Å². The number of pyridine rings is 1. The van der Waals surface area contributed by atoms with Gasteiger partial charge in [-0.2, -0.15) is 0 Å². The maximum atomic E-state index is 12.8. The van der Waals surface area contributed by atoms with E-state index in [0.29, 0.717) is 30.5 Å². The molecule has 0 radical (unpaired) electrons. The molecule has 130 valence electrons. The molecule has 5 nitrogen and oxygen atoms in total. The van der Waals surface area contributed by atoms with E-state index in [0.717, 1.165) is 6.42 Å². The summed E-state index contributed by atoms with van der Waals surface area (Å²) in [7, 11) is 1.30. The van der Waals surface area contributed by atoms with Gasteiger partial charge >= 0.3 is 5.97 Å². The fourth-order valence-corrected chi connectivity index (χ4v) is 3.49. The first-order valence-electron chi connectivity index (χ1n) is 8.48. The molecule has 2 heterocycles. The second-order valence-corrected chi connectivity index (χ2v) is 6.46. The molecule has 2 atom stereocenters. The molecule has 0 aliphatic carbocycles. The van der Waals surface area contributed by atoms with Gasteiger partial charge in [-0.05, 0) is 36.0 Å². The lowest BCUT2D eigenvalue weighted by Gasteiger charge is -2.37. The van der Waals surface area contributed by atoms with Crippen LogP contribution in [0.3, 0.4) is 0 Å². The summed E-state index contributed by atoms with van der Waals surface area (Å²) >= 11 is 0. The molecule has 1 saturated heterocycles. The maximum Gasteiger partial charge on any atom is 0.356 e. The normalized spacial score (nSPS) is 20.2. The zero-order valence-corrected chi connectivity index (χ0v) is 14.5. The predicted molar refractivity (Wildman–Crippen MR) is 94.4 cm³/mol. The van der Waals surface area contributed by atoms with Crippen molar-refractivity contribution in [1.29, 1.82) is 0 Å². The number of benzene rings is 1. The zero-order valence-electron chi connectivity index (χ0n) is 14.5. The molecule has 25 heavy (non-hydrogen) atoms. The van der Waals surface area contributed by atoms with E-state index in [-0.39, 0.29) is 11.6 Å². The number of carbonyl (C=O) groups excluding carboxylic acids is 2. The number of ether oxygens (including phenoxy) is 1. The standard InChI is InChI=1S/C20H22N2O3/c1-14-13-22(11-9-17(14)15-6-4-3-5-7-15)19(23)16-8-10-21-18(12-16)20(24)25-2/h3-8,10,12,14,17H,9,11,13H2,1-2H3. The summed E-state index contributed by atoms with van der Waals surface area (Å²) in [5, 5.41) is 0. The molecule has 0 N–H and O–H groups in total. The van der Waals surface area contributed by atoms with Crippen molar-refractivity contribution in [3.63, 3.8) is 0 Å². The SMILES string of the molecule is COC(=O)c1cc(C(=O)N2CCC(c3ccccc3)C(C)C2)ccn1. The number of carbonyl (C=O) groups is 2. The lowest BCUT2D eigenvalue weighted by molar-refractivity contribution is 0.0594. The Morgan fingerprint density at radius 3 is 2.64 bits per heavy atom. The van der Waals surface area contributed by atoms with Crippen LogP contribution in [0.2, 0.25) is 0 Å². The quantitative estimate of drug-likeness (QED) is 0.807. The highest BCUT2D eigenvalue weighted by Gasteiger charge is 2.30. The van der Waals surface area contributed by atoms with Gasteiger partial charge in [0, 0.05) is 24.8 Å². The Labute approximate surface area is 147 Å². The number of aromatic nitrogens is 1. The van der Waals surface area contributed by atoms with E-state index >= 15 is 0 Å². The van der Waals surface area contributed by atoms with Crippen molar-refractivity contribution in [2.24, 2.45) is 5.92 Å². The van der Waals surface area contributed by atoms with Gasteiger partial charge in [-0.15, -0.1) is 0 Å². The Morgan fingerprint density at radius 2 is 1.96 bits per heavy atom. The molecular formula is C20H22N2O3. The predicted octanol–water partition coefficient (Wildman–Crippen LogP) is 3.13. The van der Waals surface area contributed by atoms with Crippen LogP contribution in [0.15, 0.2) is 48.7 Å². The molecule has 2 aromatic rings. The molecule has 3 rings (SSSR count). The number of methoxy groups -OCH3 is 1. The largest absolute Gasteiger partial charge is 0.464 e. The van der Waals surface area contributed by atoms with Crippen LogP contribution in [0.25, 0.3) is 0 Å². The van der Waals surface area contributed by atoms with E-state index in [2.05, 4.69) is 40.9 Å². The van der Waals surface area contributed by atoms with E-state index in [4.69, 9.17) is 0 Å². The van der Waals surface area contributed by atoms with Gasteiger partial charge in [0.15, 0.2) is 0 Å². The average molecular weight is 338 g/mol. The molecule has 1 aromatic heterocycles. The third kappa shape index (κ3) is 3.71. The highest BCUT2D eigenvalue weighted by Crippen LogP contribution is 2.33. The minimum Gasteiger partial charge on any atom is -0.464 e. The van der Waals surface area contributed by atoms with Crippen molar-refractivity contribution in [3.8, 4) is 0 Å². The number of piperidine rings is 1. The lowest BCUT2D eigenvalue weighted by atomic mass is 9.81. The van der Waals surface area contributed by atoms with Gasteiger partial charge in [0.05, 0.1) is 7.11 Å². The number of esters is 1. The highest BCUT2D eigenvalue weighted by molar-refractivity contribution is 5.97. The molecule has 0 saturated carbocycles. The van der Waals surface area contributed by atoms with Gasteiger partial charge in [-0.3, -0.25) is 4.79 Å². The Balaban J connectivity index is 1.72. The topological polar surface area (TPSA) is 59.5 Å². The van der Waals surface area contributed by atoms with E-state index in [1.54, 1.807) is 6.07 Å². The van der Waals surface area contributed by atoms with Crippen molar-refractivity contribution < 1.29 is 14.3 Å². The van der Waals surface area contributed by atoms with Gasteiger partial charge < -0.3 is 9.64 Å². The van der Waals surface area contributed by atoms with Crippen molar-refractivity contribution in [3.05, 3.63) is 65.5 Å². The molecule has 1 fully saturated rings. The van der Waals surface area contributed by atoms with Crippen LogP contribution >= 0.6 is 0 Å². The average Bonchev–Trinajstić information content (AvgIpc) is 2.67. The molecule has 1 aliphatic rings. The first-order chi connectivity index (χ1) is 12.1. The summed E-state index contributed by atoms with van der Waals surface area (Å²) < 4.78 is 4.67. The summed E-state index contributed by atoms with van der Waals surface area (Å²) in [4.78, 5) is 30.2. The molecule has 0 spiro atoms. The first kappa shape index (κ1) is 17.1. The van der Waals surface area contributed by atoms with Crippen LogP contribution < -0.4 is 0 Å². The van der Waals surface area contributed by atoms with Gasteiger partial charge in [-0.25, -0.2) is 9.78 Å². The smallest absolute Gasteiger partial charge is 0.356 e. The summed E-state index contributed by atoms with van der Waals surface area (Å²) in [5.74, 6) is 0.243. The van der Waals surface area contributed by atoms with E-state index in [9.17, 15) is 9.59 Å². The summed E-state index contributed by atoms with van der Waals surface area (Å²) in [6.45, 7) is 3.59. The third-order valence-corrected chi connectivity index (χ3v) is 4.82. The van der Waals surface area contributed by atoms with E-state index in [1.807, 2.05) is 11.0 Å². The Bertz CT molecular complexity index is 761. The Kier molecular flexibility index (Phi) is 5.12. The lowest BCUT2D eigenvalue weighted by Crippen LogP contribution is -2.42. The third-order valence-electron chi connectivity index (χ3n) is 4.82. The minimum absolute atomic E-state index is 0.0640. The molecule has 1 aliphatic heterocycles. The second-order valence-electron chi connectivity index (χ2n) is 6.46. The summed E-state index contributed by atoms with van der Waals surface area (Å²) in [5.41, 5.74) is 1.96. The maximum absolute atomic E-state index is 12.8. The molecule has 5 heteroatoms. The Morgan fingerprint density at radius 1 is 1.20 bits per heavy atom. The van der Waals surface area contributed by atoms with Crippen LogP contribution in [-0.2, 0) is 4.74 Å². The number of amides is 1. The Hall–Kier alpha value is -2.69. The van der Waals surface area contributed by atoms with Crippen molar-refractivity contribution in [1.82, 2.24) is 9.88 Å². The van der Waals surface area contributed by atoms with Crippen LogP contribution in [0.4, 0.5) is 0 Å². The van der Waals surface area contributed by atoms with Gasteiger partial charge in [0.25, 0.3) is 5.91 Å². The van der Waals surface area contributed by atoms with Gasteiger partial charge in [0.2, 0.25) is 0 Å². The van der Waals surface area contributed by atoms with Gasteiger partial charge in [0.1, 0.15) is 5.69 Å². The monoisotopic (exact) mass is 338 g/mol. The molecule has 2 unspecified atom stereocenters. The number of likely N-dealkylation sites (tertiary alicyclic amines) is 1. The first-order valence-corrected chi connectivity index (χ1v) is 8.48. The molecular weight excluding hydrogens is 316 g/mol. The number of hydrogen-bond donors (Lipinski definition) is 0. The van der Waals surface area contributed by atoms with Crippen LogP contribution in [0.1, 0.15) is 45.7 Å². The molecule has 0 bridgehead atoms. The summed E-state index contributed by atoms with van der Waals surface area (Å²) in [6.07, 6.45) is 2.41. The minimum atomic E-state index is -0.536. The fraction of sp³-hybridized carbons (Fsp3) is 0.350. The molecule has 1 amide bonds. The van der Waals surface area contributed by atoms with E-state index in [1.165, 1.54) is 24.9 Å². The highest BCUT2D eigenvalue weighted by atomic mass is 16.5.